The summed E-state index contributed by atoms with van der Waals surface area (Å²) in [7, 11) is -12.2. The number of aromatic hydroxyl groups is 1. The minimum atomic E-state index is -6.12. The highest BCUT2D eigenvalue weighted by atomic mass is 32.2. The van der Waals surface area contributed by atoms with E-state index in [9.17, 15) is 66.7 Å². The predicted octanol–water partition coefficient (Wildman–Crippen LogP) is 10.4. The average molecular weight is 1080 g/mol. The molecule has 14 nitrogen and oxygen atoms in total. The summed E-state index contributed by atoms with van der Waals surface area (Å²) >= 11 is 0. The van der Waals surface area contributed by atoms with E-state index in [0.29, 0.717) is 22.3 Å². The Kier molecular flexibility index (Phi) is 13.6. The van der Waals surface area contributed by atoms with Gasteiger partial charge in [0.1, 0.15) is 28.8 Å². The fourth-order valence-electron chi connectivity index (χ4n) is 8.41. The summed E-state index contributed by atoms with van der Waals surface area (Å²) in [6.45, 7) is -0.769. The van der Waals surface area contributed by atoms with Gasteiger partial charge in [0.25, 0.3) is 11.8 Å². The van der Waals surface area contributed by atoms with E-state index >= 15 is 0 Å². The zero-order valence-electron chi connectivity index (χ0n) is 38.0. The summed E-state index contributed by atoms with van der Waals surface area (Å²) in [6.07, 6.45) is 1.78. The molecule has 0 radical (unpaired) electrons. The molecule has 4 heterocycles. The summed E-state index contributed by atoms with van der Waals surface area (Å²) in [4.78, 5) is 37.5. The molecule has 24 heteroatoms. The van der Waals surface area contributed by atoms with E-state index in [2.05, 4.69) is 14.2 Å². The Morgan fingerprint density at radius 2 is 0.933 bits per heavy atom. The number of aromatic nitrogens is 2. The van der Waals surface area contributed by atoms with Crippen molar-refractivity contribution >= 4 is 53.9 Å². The standard InChI is InChI=1S/C32H22F4N2O5S.C19H12F4N2O5S/c33-23-15-13-20(14-16-23)18-38-19-25-26(31(38)39)30(42-28(21-8-3-1-4-9-21)22-10-5-2-6-11-22)27-24(12-7-17-37-27)29(25)43-44(40,41)32(34,35)36;20-11-5-3-10(4-6-11)8-25-9-13-14(18(25)27)16(26)15-12(2-1-7-24-15)17(13)30-31(28,29)19(21,22)23/h1-17,28H,18-19H2;1-7,26H,8-9H2. The molecule has 1 N–H and O–H groups in total. The van der Waals surface area contributed by atoms with Gasteiger partial charge in [0, 0.05) is 47.4 Å². The lowest BCUT2D eigenvalue weighted by Crippen LogP contribution is -2.28. The van der Waals surface area contributed by atoms with Gasteiger partial charge in [0.15, 0.2) is 23.0 Å². The van der Waals surface area contributed by atoms with Crippen molar-refractivity contribution in [2.45, 2.75) is 43.3 Å². The summed E-state index contributed by atoms with van der Waals surface area (Å²) in [5.74, 6) is -4.45. The SMILES string of the molecule is O=C1c2c(c(OS(=O)(=O)C(F)(F)F)c3cccnc3c2O)CN1Cc1ccc(F)cc1.O=C1c2c(c(OS(=O)(=O)C(F)(F)F)c3cccnc3c2OC(c2ccccc2)c2ccccc2)CN1Cc1ccc(F)cc1. The first-order chi connectivity index (χ1) is 35.5. The molecular weight excluding hydrogens is 1040 g/mol. The third-order valence-corrected chi connectivity index (χ3v) is 13.7. The molecule has 2 amide bonds. The summed E-state index contributed by atoms with van der Waals surface area (Å²) in [6, 6.07) is 34.0. The van der Waals surface area contributed by atoms with Crippen LogP contribution in [-0.2, 0) is 46.4 Å². The van der Waals surface area contributed by atoms with Crippen molar-refractivity contribution in [3.8, 4) is 23.0 Å². The van der Waals surface area contributed by atoms with Gasteiger partial charge in [0.2, 0.25) is 0 Å². The molecule has 0 unspecified atom stereocenters. The van der Waals surface area contributed by atoms with Crippen molar-refractivity contribution in [2.24, 2.45) is 0 Å². The number of pyridine rings is 2. The maximum atomic E-state index is 14.0. The van der Waals surface area contributed by atoms with Crippen LogP contribution in [0.15, 0.2) is 146 Å². The predicted molar refractivity (Wildman–Crippen MR) is 252 cm³/mol. The van der Waals surface area contributed by atoms with Gasteiger partial charge in [-0.15, -0.1) is 0 Å². The van der Waals surface area contributed by atoms with Crippen LogP contribution in [-0.4, -0.2) is 64.5 Å². The van der Waals surface area contributed by atoms with Crippen LogP contribution >= 0.6 is 0 Å². The Morgan fingerprint density at radius 1 is 0.533 bits per heavy atom. The molecule has 0 spiro atoms. The van der Waals surface area contributed by atoms with Crippen LogP contribution in [0, 0.1) is 11.6 Å². The molecule has 0 fully saturated rings. The van der Waals surface area contributed by atoms with Gasteiger partial charge in [-0.1, -0.05) is 84.9 Å². The van der Waals surface area contributed by atoms with Crippen LogP contribution in [0.25, 0.3) is 21.8 Å². The van der Waals surface area contributed by atoms with Gasteiger partial charge in [0.05, 0.1) is 24.2 Å². The number of fused-ring (bicyclic) bond motifs is 4. The fraction of sp³-hybridized carbons (Fsp3) is 0.137. The Bertz CT molecular complexity index is 3700. The van der Waals surface area contributed by atoms with E-state index in [1.165, 1.54) is 90.1 Å². The number of ether oxygens (including phenoxy) is 1. The number of hydrogen-bond donors (Lipinski definition) is 1. The number of phenolic OH excluding ortho intramolecular Hbond substituents is 1. The molecule has 2 aliphatic rings. The topological polar surface area (TPSA) is 183 Å². The highest BCUT2D eigenvalue weighted by Crippen LogP contribution is 2.49. The molecule has 6 aromatic carbocycles. The number of amides is 2. The minimum Gasteiger partial charge on any atom is -0.505 e. The third kappa shape index (κ3) is 10.2. The number of carbonyl (C=O) groups excluding carboxylic acids is 2. The minimum absolute atomic E-state index is 0.0448. The second-order valence-corrected chi connectivity index (χ2v) is 19.8. The monoisotopic (exact) mass is 1080 g/mol. The van der Waals surface area contributed by atoms with Crippen LogP contribution in [0.2, 0.25) is 0 Å². The molecule has 0 bridgehead atoms. The largest absolute Gasteiger partial charge is 0.534 e. The Labute approximate surface area is 420 Å². The fourth-order valence-corrected chi connectivity index (χ4v) is 9.42. The molecular formula is C51H34F8N4O10S2. The van der Waals surface area contributed by atoms with Crippen LogP contribution in [0.3, 0.4) is 0 Å². The molecule has 2 aliphatic heterocycles. The van der Waals surface area contributed by atoms with Crippen LogP contribution in [0.1, 0.15) is 60.2 Å². The van der Waals surface area contributed by atoms with Gasteiger partial charge in [-0.05, 0) is 70.8 Å². The Balaban J connectivity index is 0.000000195. The van der Waals surface area contributed by atoms with E-state index in [1.807, 2.05) is 60.7 Å². The van der Waals surface area contributed by atoms with Crippen LogP contribution < -0.4 is 13.1 Å². The summed E-state index contributed by atoms with van der Waals surface area (Å²) in [5, 5.41) is 10.3. The first-order valence-electron chi connectivity index (χ1n) is 21.9. The van der Waals surface area contributed by atoms with Gasteiger partial charge in [-0.25, -0.2) is 8.78 Å². The molecule has 8 aromatic rings. The Morgan fingerprint density at radius 3 is 1.37 bits per heavy atom. The van der Waals surface area contributed by atoms with Gasteiger partial charge >= 0.3 is 31.3 Å². The van der Waals surface area contributed by atoms with Crippen molar-refractivity contribution < 1.29 is 79.8 Å². The third-order valence-electron chi connectivity index (χ3n) is 11.8. The number of halogens is 8. The quantitative estimate of drug-likeness (QED) is 0.0695. The molecule has 10 rings (SSSR count). The number of alkyl halides is 6. The number of nitrogens with zero attached hydrogens (tertiary/aromatic N) is 4. The van der Waals surface area contributed by atoms with Crippen molar-refractivity contribution in [2.75, 3.05) is 0 Å². The van der Waals surface area contributed by atoms with E-state index in [1.54, 1.807) is 0 Å². The normalized spacial score (nSPS) is 13.7. The zero-order valence-corrected chi connectivity index (χ0v) is 39.6. The average Bonchev–Trinajstić information content (AvgIpc) is 3.88. The highest BCUT2D eigenvalue weighted by molar-refractivity contribution is 7.88. The number of rotatable bonds is 12. The molecule has 75 heavy (non-hydrogen) atoms. The molecule has 2 aromatic heterocycles. The first kappa shape index (κ1) is 51.5. The number of carbonyl (C=O) groups is 2. The molecule has 0 saturated heterocycles. The maximum Gasteiger partial charge on any atom is 0.534 e. The van der Waals surface area contributed by atoms with E-state index < -0.39 is 83.6 Å². The van der Waals surface area contributed by atoms with Gasteiger partial charge in [-0.3, -0.25) is 19.6 Å². The number of hydrogen-bond acceptors (Lipinski definition) is 12. The molecule has 0 saturated carbocycles. The van der Waals surface area contributed by atoms with E-state index in [-0.39, 0.29) is 70.4 Å². The summed E-state index contributed by atoms with van der Waals surface area (Å²) < 4.78 is 170. The summed E-state index contributed by atoms with van der Waals surface area (Å²) in [5.41, 5.74) is -10.2. The van der Waals surface area contributed by atoms with Gasteiger partial charge in [-0.2, -0.15) is 43.2 Å². The molecule has 0 aliphatic carbocycles. The van der Waals surface area contributed by atoms with E-state index in [4.69, 9.17) is 8.92 Å². The lowest BCUT2D eigenvalue weighted by atomic mass is 9.99. The van der Waals surface area contributed by atoms with E-state index in [0.717, 1.165) is 4.90 Å². The molecule has 0 atom stereocenters. The van der Waals surface area contributed by atoms with Crippen molar-refractivity contribution in [1.82, 2.24) is 19.8 Å². The highest BCUT2D eigenvalue weighted by Gasteiger charge is 2.51. The van der Waals surface area contributed by atoms with Crippen molar-refractivity contribution in [3.05, 3.63) is 202 Å². The van der Waals surface area contributed by atoms with Crippen molar-refractivity contribution in [1.29, 1.82) is 0 Å². The van der Waals surface area contributed by atoms with Crippen LogP contribution in [0.4, 0.5) is 35.1 Å². The first-order valence-corrected chi connectivity index (χ1v) is 24.8. The lowest BCUT2D eigenvalue weighted by Gasteiger charge is -2.23. The van der Waals surface area contributed by atoms with Crippen molar-refractivity contribution in [3.63, 3.8) is 0 Å². The maximum absolute atomic E-state index is 14.0. The lowest BCUT2D eigenvalue weighted by molar-refractivity contribution is -0.0504. The second-order valence-electron chi connectivity index (χ2n) is 16.7. The Hall–Kier alpha value is -8.38. The molecule has 386 valence electrons. The van der Waals surface area contributed by atoms with Crippen LogP contribution in [0.5, 0.6) is 23.0 Å². The second kappa shape index (κ2) is 19.8. The number of benzene rings is 6. The number of phenols is 1. The van der Waals surface area contributed by atoms with Gasteiger partial charge < -0.3 is 28.0 Å². The smallest absolute Gasteiger partial charge is 0.505 e. The zero-order chi connectivity index (χ0) is 53.6.